The van der Waals surface area contributed by atoms with Crippen LogP contribution in [-0.4, -0.2) is 73.4 Å². The van der Waals surface area contributed by atoms with E-state index in [1.165, 1.54) is 44.9 Å². The lowest BCUT2D eigenvalue weighted by atomic mass is 10.0. The Labute approximate surface area is 368 Å². The number of rotatable bonds is 40. The van der Waals surface area contributed by atoms with Gasteiger partial charge >= 0.3 is 7.82 Å². The van der Waals surface area contributed by atoms with Gasteiger partial charge < -0.3 is 19.8 Å². The van der Waals surface area contributed by atoms with Gasteiger partial charge in [0.25, 0.3) is 0 Å². The van der Waals surface area contributed by atoms with E-state index in [0.717, 1.165) is 89.9 Å². The molecule has 1 amide bonds. The number of likely N-dealkylation sites (N-methyl/N-ethyl adjacent to an activating group) is 1. The van der Waals surface area contributed by atoms with Crippen LogP contribution in [0.15, 0.2) is 109 Å². The molecule has 0 bridgehead atoms. The summed E-state index contributed by atoms with van der Waals surface area (Å²) < 4.78 is 23.5. The second kappa shape index (κ2) is 41.5. The van der Waals surface area contributed by atoms with Gasteiger partial charge in [-0.25, -0.2) is 4.57 Å². The first-order chi connectivity index (χ1) is 29.0. The Bertz CT molecular complexity index is 1340. The Balaban J connectivity index is 4.19. The van der Waals surface area contributed by atoms with Gasteiger partial charge in [0, 0.05) is 6.42 Å². The first-order valence-corrected chi connectivity index (χ1v) is 24.7. The van der Waals surface area contributed by atoms with Crippen molar-refractivity contribution >= 4 is 13.7 Å². The molecule has 0 fully saturated rings. The van der Waals surface area contributed by atoms with Crippen molar-refractivity contribution < 1.29 is 32.9 Å². The molecule has 3 N–H and O–H groups in total. The molecule has 3 unspecified atom stereocenters. The number of aliphatic hydroxyl groups is 1. The number of nitrogens with one attached hydrogen (secondary N) is 1. The SMILES string of the molecule is C/C=C/CC/C=C/CC/C=C/C(O)C(COP(=O)(O)OCC[N+](C)(C)C)NC(=O)CCCCCCCCCCCC/C=C\C/C=C\C/C=C\C/C=C\C/C=C\C/C=C\CC. The quantitative estimate of drug-likeness (QED) is 0.0245. The zero-order chi connectivity index (χ0) is 44.3. The zero-order valence-corrected chi connectivity index (χ0v) is 39.5. The van der Waals surface area contributed by atoms with E-state index in [0.29, 0.717) is 17.4 Å². The van der Waals surface area contributed by atoms with E-state index in [1.807, 2.05) is 40.2 Å². The van der Waals surface area contributed by atoms with Gasteiger partial charge in [0.1, 0.15) is 13.2 Å². The molecule has 0 saturated heterocycles. The molecule has 0 aromatic rings. The van der Waals surface area contributed by atoms with Crippen LogP contribution in [0.25, 0.3) is 0 Å². The van der Waals surface area contributed by atoms with Gasteiger partial charge in [-0.1, -0.05) is 168 Å². The molecule has 0 heterocycles. The number of phosphoric acid groups is 1. The Hall–Kier alpha value is -2.84. The average Bonchev–Trinajstić information content (AvgIpc) is 3.20. The van der Waals surface area contributed by atoms with Crippen LogP contribution in [0, 0.1) is 0 Å². The number of amides is 1. The van der Waals surface area contributed by atoms with Crippen LogP contribution in [0.1, 0.15) is 155 Å². The van der Waals surface area contributed by atoms with E-state index in [2.05, 4.69) is 103 Å². The number of hydrogen-bond donors (Lipinski definition) is 3. The van der Waals surface area contributed by atoms with Crippen molar-refractivity contribution in [3.63, 3.8) is 0 Å². The molecule has 9 heteroatoms. The molecule has 0 spiro atoms. The molecular weight excluding hydrogens is 768 g/mol. The lowest BCUT2D eigenvalue weighted by molar-refractivity contribution is -0.870. The van der Waals surface area contributed by atoms with Gasteiger partial charge in [0.05, 0.1) is 39.9 Å². The molecule has 3 atom stereocenters. The highest BCUT2D eigenvalue weighted by Crippen LogP contribution is 2.43. The number of quaternary nitrogens is 1. The molecule has 0 aliphatic carbocycles. The van der Waals surface area contributed by atoms with Crippen LogP contribution in [-0.2, 0) is 18.4 Å². The molecule has 0 rings (SSSR count). The Morgan fingerprint density at radius 2 is 1.03 bits per heavy atom. The fourth-order valence-electron chi connectivity index (χ4n) is 5.91. The predicted molar refractivity (Wildman–Crippen MR) is 258 cm³/mol. The summed E-state index contributed by atoms with van der Waals surface area (Å²) in [4.78, 5) is 23.1. The monoisotopic (exact) mass is 856 g/mol. The van der Waals surface area contributed by atoms with Crippen molar-refractivity contribution in [3.05, 3.63) is 109 Å². The van der Waals surface area contributed by atoms with Gasteiger partial charge in [0.15, 0.2) is 0 Å². The maximum Gasteiger partial charge on any atom is 0.472 e. The van der Waals surface area contributed by atoms with Crippen molar-refractivity contribution in [1.82, 2.24) is 5.32 Å². The first-order valence-electron chi connectivity index (χ1n) is 23.2. The van der Waals surface area contributed by atoms with Gasteiger partial charge in [-0.3, -0.25) is 13.8 Å². The highest BCUT2D eigenvalue weighted by Gasteiger charge is 2.27. The number of carbonyl (C=O) groups excluding carboxylic acids is 1. The van der Waals surface area contributed by atoms with E-state index in [1.54, 1.807) is 6.08 Å². The summed E-state index contributed by atoms with van der Waals surface area (Å²) in [6.07, 6.45) is 60.6. The summed E-state index contributed by atoms with van der Waals surface area (Å²) >= 11 is 0. The Morgan fingerprint density at radius 1 is 0.600 bits per heavy atom. The second-order valence-corrected chi connectivity index (χ2v) is 17.8. The van der Waals surface area contributed by atoms with Crippen LogP contribution < -0.4 is 5.32 Å². The summed E-state index contributed by atoms with van der Waals surface area (Å²) in [5.41, 5.74) is 0. The molecule has 0 saturated carbocycles. The smallest absolute Gasteiger partial charge is 0.387 e. The number of allylic oxidation sites excluding steroid dienone is 17. The van der Waals surface area contributed by atoms with Crippen molar-refractivity contribution in [2.75, 3.05) is 40.9 Å². The van der Waals surface area contributed by atoms with Crippen molar-refractivity contribution in [3.8, 4) is 0 Å². The Morgan fingerprint density at radius 3 is 1.53 bits per heavy atom. The summed E-state index contributed by atoms with van der Waals surface area (Å²) in [7, 11) is 1.52. The van der Waals surface area contributed by atoms with E-state index in [9.17, 15) is 19.4 Å². The summed E-state index contributed by atoms with van der Waals surface area (Å²) in [6.45, 7) is 4.40. The molecule has 0 aliphatic rings. The third-order valence-electron chi connectivity index (χ3n) is 9.55. The normalized spacial score (nSPS) is 15.2. The molecule has 60 heavy (non-hydrogen) atoms. The number of hydrogen-bond acceptors (Lipinski definition) is 5. The van der Waals surface area contributed by atoms with Gasteiger partial charge in [-0.05, 0) is 90.4 Å². The van der Waals surface area contributed by atoms with Gasteiger partial charge in [-0.15, -0.1) is 0 Å². The van der Waals surface area contributed by atoms with E-state index < -0.39 is 20.0 Å². The van der Waals surface area contributed by atoms with Crippen LogP contribution >= 0.6 is 7.82 Å². The van der Waals surface area contributed by atoms with Crippen molar-refractivity contribution in [2.45, 2.75) is 167 Å². The summed E-state index contributed by atoms with van der Waals surface area (Å²) in [5.74, 6) is -0.206. The van der Waals surface area contributed by atoms with Crippen molar-refractivity contribution in [1.29, 1.82) is 0 Å². The minimum Gasteiger partial charge on any atom is -0.387 e. The fourth-order valence-corrected chi connectivity index (χ4v) is 6.64. The van der Waals surface area contributed by atoms with Crippen LogP contribution in [0.3, 0.4) is 0 Å². The third kappa shape index (κ3) is 43.3. The third-order valence-corrected chi connectivity index (χ3v) is 10.5. The lowest BCUT2D eigenvalue weighted by Crippen LogP contribution is -2.45. The number of unbranched alkanes of at least 4 members (excludes halogenated alkanes) is 12. The minimum absolute atomic E-state index is 0.0464. The highest BCUT2D eigenvalue weighted by molar-refractivity contribution is 7.47. The maximum atomic E-state index is 12.8. The largest absolute Gasteiger partial charge is 0.472 e. The van der Waals surface area contributed by atoms with Gasteiger partial charge in [-0.2, -0.15) is 0 Å². The molecule has 8 nitrogen and oxygen atoms in total. The number of aliphatic hydroxyl groups excluding tert-OH is 1. The zero-order valence-electron chi connectivity index (χ0n) is 38.6. The Kier molecular flexibility index (Phi) is 39.5. The van der Waals surface area contributed by atoms with Crippen molar-refractivity contribution in [2.24, 2.45) is 0 Å². The number of carbonyl (C=O) groups is 1. The van der Waals surface area contributed by atoms with E-state index in [4.69, 9.17) is 9.05 Å². The molecule has 0 aromatic carbocycles. The number of nitrogens with zero attached hydrogens (tertiary/aromatic N) is 1. The highest BCUT2D eigenvalue weighted by atomic mass is 31.2. The molecule has 342 valence electrons. The van der Waals surface area contributed by atoms with Gasteiger partial charge in [0.2, 0.25) is 5.91 Å². The second-order valence-electron chi connectivity index (χ2n) is 16.4. The molecular formula is C51H88N2O6P+. The van der Waals surface area contributed by atoms with Crippen LogP contribution in [0.5, 0.6) is 0 Å². The standard InChI is InChI=1S/C51H87N2O6P/c1-6-8-10-12-14-16-17-18-19-20-21-22-23-24-25-26-27-28-29-30-31-32-33-34-35-37-39-41-43-45-51(55)52-49(48-59-60(56,57)58-47-46-53(3,4)5)50(54)44-42-40-38-36-15-13-11-9-7-2/h7-10,14-16,18-19,21-22,24-25,27-28,36,42,44,49-50,54H,6,11-13,17,20,23,26,29-35,37-41,43,45-48H2,1-5H3,(H-,52,55,56,57)/p+1/b9-7+,10-8-,16-14-,19-18-,22-21-,25-24-,28-27-,36-15+,44-42+. The average molecular weight is 856 g/mol. The van der Waals surface area contributed by atoms with Crippen LogP contribution in [0.4, 0.5) is 0 Å². The predicted octanol–water partition coefficient (Wildman–Crippen LogP) is 13.3. The molecule has 0 aliphatic heterocycles. The topological polar surface area (TPSA) is 105 Å². The summed E-state index contributed by atoms with van der Waals surface area (Å²) in [5, 5.41) is 13.7. The van der Waals surface area contributed by atoms with E-state index in [-0.39, 0.29) is 19.1 Å². The molecule has 0 aromatic heterocycles. The van der Waals surface area contributed by atoms with Crippen LogP contribution in [0.2, 0.25) is 0 Å². The first kappa shape index (κ1) is 57.2. The maximum absolute atomic E-state index is 12.8. The molecule has 0 radical (unpaired) electrons. The minimum atomic E-state index is -4.35. The summed E-state index contributed by atoms with van der Waals surface area (Å²) in [6, 6.07) is -0.877. The lowest BCUT2D eigenvalue weighted by Gasteiger charge is -2.25. The number of phosphoric ester groups is 1. The fraction of sp³-hybridized carbons (Fsp3) is 0.627. The van der Waals surface area contributed by atoms with E-state index >= 15 is 0 Å².